The minimum atomic E-state index is -0.904. The topological polar surface area (TPSA) is 110 Å². The van der Waals surface area contributed by atoms with Crippen molar-refractivity contribution in [1.82, 2.24) is 19.7 Å². The first-order chi connectivity index (χ1) is 18.0. The summed E-state index contributed by atoms with van der Waals surface area (Å²) >= 11 is 5.83. The Bertz CT molecular complexity index is 1350. The molecular formula is C26H32Cl3FN4O6. The van der Waals surface area contributed by atoms with Crippen molar-refractivity contribution in [2.45, 2.75) is 24.9 Å². The van der Waals surface area contributed by atoms with Gasteiger partial charge >= 0.3 is 5.97 Å². The first kappa shape index (κ1) is 33.5. The number of halogens is 4. The van der Waals surface area contributed by atoms with Crippen LogP contribution < -0.4 is 15.5 Å². The van der Waals surface area contributed by atoms with Crippen LogP contribution in [-0.2, 0) is 21.6 Å². The molecule has 220 valence electrons. The van der Waals surface area contributed by atoms with E-state index in [9.17, 15) is 23.6 Å². The molecular weight excluding hydrogens is 590 g/mol. The maximum absolute atomic E-state index is 14.3. The zero-order chi connectivity index (χ0) is 27.8. The summed E-state index contributed by atoms with van der Waals surface area (Å²) in [6.45, 7) is 0.499. The monoisotopic (exact) mass is 620 g/mol. The van der Waals surface area contributed by atoms with Crippen LogP contribution >= 0.6 is 36.4 Å². The molecule has 1 aromatic heterocycles. The van der Waals surface area contributed by atoms with E-state index in [1.54, 1.807) is 43.8 Å². The summed E-state index contributed by atoms with van der Waals surface area (Å²) < 4.78 is 26.7. The number of pyridine rings is 1. The maximum Gasteiger partial charge on any atom is 0.325 e. The first-order valence-electron chi connectivity index (χ1n) is 12.1. The van der Waals surface area contributed by atoms with Gasteiger partial charge in [0.15, 0.2) is 5.69 Å². The molecule has 2 amide bonds. The highest BCUT2D eigenvalue weighted by Crippen LogP contribution is 2.48. The van der Waals surface area contributed by atoms with Crippen molar-refractivity contribution in [1.29, 1.82) is 0 Å². The van der Waals surface area contributed by atoms with E-state index in [1.807, 2.05) is 0 Å². The van der Waals surface area contributed by atoms with Gasteiger partial charge in [-0.3, -0.25) is 24.1 Å². The Morgan fingerprint density at radius 1 is 1.23 bits per heavy atom. The van der Waals surface area contributed by atoms with Crippen LogP contribution in [0.15, 0.2) is 29.2 Å². The number of ether oxygens (including phenoxy) is 2. The molecule has 10 nitrogen and oxygen atoms in total. The molecule has 2 aromatic rings. The van der Waals surface area contributed by atoms with Crippen LogP contribution in [0.25, 0.3) is 0 Å². The SMILES string of the molecule is COC[C@H]1C[C@@]2(CN(C)C(=O)c3c(OC(=O)CN(C)C)c(=O)c(C(=O)NCc4cccc(Cl)c4F)cn32)C1.Cl.Cl. The molecule has 1 N–H and O–H groups in total. The smallest absolute Gasteiger partial charge is 0.325 e. The highest BCUT2D eigenvalue weighted by Gasteiger charge is 2.52. The molecule has 1 saturated carbocycles. The number of hydrogen-bond acceptors (Lipinski definition) is 7. The highest BCUT2D eigenvalue weighted by atomic mass is 35.5. The summed E-state index contributed by atoms with van der Waals surface area (Å²) in [5.41, 5.74) is -1.78. The molecule has 1 aromatic carbocycles. The van der Waals surface area contributed by atoms with Gasteiger partial charge in [0, 0.05) is 45.6 Å². The lowest BCUT2D eigenvalue weighted by Gasteiger charge is -2.54. The van der Waals surface area contributed by atoms with Crippen molar-refractivity contribution in [3.05, 3.63) is 62.3 Å². The largest absolute Gasteiger partial charge is 0.419 e. The lowest BCUT2D eigenvalue weighted by molar-refractivity contribution is -0.135. The highest BCUT2D eigenvalue weighted by molar-refractivity contribution is 6.30. The predicted octanol–water partition coefficient (Wildman–Crippen LogP) is 2.72. The second-order valence-electron chi connectivity index (χ2n) is 10.1. The van der Waals surface area contributed by atoms with E-state index < -0.39 is 40.3 Å². The van der Waals surface area contributed by atoms with Gasteiger partial charge in [-0.05, 0) is 38.9 Å². The van der Waals surface area contributed by atoms with Crippen molar-refractivity contribution < 1.29 is 28.2 Å². The van der Waals surface area contributed by atoms with Gasteiger partial charge in [-0.15, -0.1) is 24.8 Å². The number of benzene rings is 1. The van der Waals surface area contributed by atoms with Crippen molar-refractivity contribution in [2.24, 2.45) is 5.92 Å². The Labute approximate surface area is 248 Å². The number of nitrogens with one attached hydrogen (secondary N) is 1. The molecule has 4 rings (SSSR count). The number of amides is 2. The van der Waals surface area contributed by atoms with Crippen molar-refractivity contribution >= 4 is 54.2 Å². The number of hydrogen-bond donors (Lipinski definition) is 1. The van der Waals surface area contributed by atoms with Crippen LogP contribution in [0.4, 0.5) is 4.39 Å². The standard InChI is InChI=1S/C26H30ClFN4O6.2ClH/c1-30(2)12-19(33)38-23-21-25(36)31(3)14-26(8-15(9-26)13-37-4)32(21)11-17(22(23)34)24(35)29-10-16-6-5-7-18(27)20(16)28;;/h5-7,11,15H,8-10,12-14H2,1-4H3,(H,29,35);2*1H/t15-,26-;;. The average molecular weight is 622 g/mol. The molecule has 2 heterocycles. The van der Waals surface area contributed by atoms with Crippen LogP contribution in [0, 0.1) is 11.7 Å². The molecule has 40 heavy (non-hydrogen) atoms. The Balaban J connectivity index is 0.00000280. The third-order valence-electron chi connectivity index (χ3n) is 6.87. The Hall–Kier alpha value is -2.70. The van der Waals surface area contributed by atoms with E-state index in [1.165, 1.54) is 23.2 Å². The van der Waals surface area contributed by atoms with E-state index in [4.69, 9.17) is 21.1 Å². The zero-order valence-electron chi connectivity index (χ0n) is 22.5. The van der Waals surface area contributed by atoms with Gasteiger partial charge < -0.3 is 24.3 Å². The lowest BCUT2D eigenvalue weighted by Crippen LogP contribution is -2.60. The first-order valence-corrected chi connectivity index (χ1v) is 12.5. The number of carbonyl (C=O) groups excluding carboxylic acids is 3. The minimum Gasteiger partial charge on any atom is -0.419 e. The average Bonchev–Trinajstić information content (AvgIpc) is 2.82. The fraction of sp³-hybridized carbons (Fsp3) is 0.462. The number of aromatic nitrogens is 1. The molecule has 0 atom stereocenters. The molecule has 0 unspecified atom stereocenters. The van der Waals surface area contributed by atoms with Crippen molar-refractivity contribution in [3.63, 3.8) is 0 Å². The Morgan fingerprint density at radius 2 is 1.90 bits per heavy atom. The summed E-state index contributed by atoms with van der Waals surface area (Å²) in [6, 6.07) is 4.39. The van der Waals surface area contributed by atoms with Crippen LogP contribution in [0.3, 0.4) is 0 Å². The molecule has 1 aliphatic carbocycles. The number of carbonyl (C=O) groups is 3. The molecule has 0 bridgehead atoms. The normalized spacial score (nSPS) is 19.3. The second kappa shape index (κ2) is 13.3. The second-order valence-corrected chi connectivity index (χ2v) is 10.5. The van der Waals surface area contributed by atoms with Gasteiger partial charge in [0.25, 0.3) is 11.8 Å². The molecule has 1 fully saturated rings. The quantitative estimate of drug-likeness (QED) is 0.452. The van der Waals surface area contributed by atoms with E-state index in [-0.39, 0.29) is 65.7 Å². The Kier molecular flexibility index (Phi) is 11.1. The summed E-state index contributed by atoms with van der Waals surface area (Å²) in [7, 11) is 6.54. The molecule has 2 aliphatic rings. The maximum atomic E-state index is 14.3. The number of likely N-dealkylation sites (N-methyl/N-ethyl adjacent to an activating group) is 2. The molecule has 0 saturated heterocycles. The van der Waals surface area contributed by atoms with Crippen LogP contribution in [-0.4, -0.2) is 80.1 Å². The number of nitrogens with zero attached hydrogens (tertiary/aromatic N) is 3. The number of methoxy groups -OCH3 is 1. The fourth-order valence-electron chi connectivity index (χ4n) is 5.25. The van der Waals surface area contributed by atoms with Crippen molar-refractivity contribution in [3.8, 4) is 5.75 Å². The van der Waals surface area contributed by atoms with Gasteiger partial charge in [-0.2, -0.15) is 0 Å². The van der Waals surface area contributed by atoms with E-state index >= 15 is 0 Å². The van der Waals surface area contributed by atoms with Gasteiger partial charge in [0.2, 0.25) is 11.2 Å². The third-order valence-corrected chi connectivity index (χ3v) is 7.17. The molecule has 1 spiro atoms. The molecule has 0 radical (unpaired) electrons. The predicted molar refractivity (Wildman–Crippen MR) is 152 cm³/mol. The van der Waals surface area contributed by atoms with Gasteiger partial charge in [-0.25, -0.2) is 4.39 Å². The van der Waals surface area contributed by atoms with Crippen LogP contribution in [0.1, 0.15) is 39.3 Å². The van der Waals surface area contributed by atoms with Crippen LogP contribution in [0.5, 0.6) is 5.75 Å². The fourth-order valence-corrected chi connectivity index (χ4v) is 5.44. The van der Waals surface area contributed by atoms with Crippen LogP contribution in [0.2, 0.25) is 5.02 Å². The molecule has 14 heteroatoms. The number of rotatable bonds is 8. The Morgan fingerprint density at radius 3 is 2.52 bits per heavy atom. The summed E-state index contributed by atoms with van der Waals surface area (Å²) in [6.07, 6.45) is 2.61. The number of fused-ring (bicyclic) bond motifs is 2. The molecule has 1 aliphatic heterocycles. The lowest BCUT2D eigenvalue weighted by atomic mass is 9.67. The number of esters is 1. The minimum absolute atomic E-state index is 0. The van der Waals surface area contributed by atoms with Gasteiger partial charge in [0.05, 0.1) is 17.1 Å². The van der Waals surface area contributed by atoms with E-state index in [0.29, 0.717) is 26.0 Å². The van der Waals surface area contributed by atoms with E-state index in [2.05, 4.69) is 5.32 Å². The summed E-state index contributed by atoms with van der Waals surface area (Å²) in [4.78, 5) is 55.6. The summed E-state index contributed by atoms with van der Waals surface area (Å²) in [5, 5.41) is 2.44. The van der Waals surface area contributed by atoms with Gasteiger partial charge in [0.1, 0.15) is 11.4 Å². The third kappa shape index (κ3) is 6.44. The van der Waals surface area contributed by atoms with Gasteiger partial charge in [-0.1, -0.05) is 23.7 Å². The summed E-state index contributed by atoms with van der Waals surface area (Å²) in [5.74, 6) is -3.01. The van der Waals surface area contributed by atoms with E-state index in [0.717, 1.165) is 0 Å². The van der Waals surface area contributed by atoms with Crippen molar-refractivity contribution in [2.75, 3.05) is 47.9 Å². The zero-order valence-corrected chi connectivity index (χ0v) is 24.9.